The van der Waals surface area contributed by atoms with Crippen LogP contribution in [0.25, 0.3) is 22.2 Å². The van der Waals surface area contributed by atoms with Crippen molar-refractivity contribution in [1.82, 2.24) is 9.55 Å². The average Bonchev–Trinajstić information content (AvgIpc) is 2.99. The van der Waals surface area contributed by atoms with E-state index in [2.05, 4.69) is 4.98 Å². The topological polar surface area (TPSA) is 74.0 Å². The van der Waals surface area contributed by atoms with Crippen molar-refractivity contribution in [2.24, 2.45) is 13.0 Å². The molecule has 0 unspecified atom stereocenters. The molecule has 2 aromatic heterocycles. The molecule has 0 aliphatic carbocycles. The minimum absolute atomic E-state index is 0.139. The van der Waals surface area contributed by atoms with Gasteiger partial charge in [-0.15, -0.1) is 4.73 Å². The second-order valence-electron chi connectivity index (χ2n) is 6.76. The molecular formula is C19H23N3O3. The molecule has 0 aliphatic rings. The van der Waals surface area contributed by atoms with E-state index < -0.39 is 0 Å². The van der Waals surface area contributed by atoms with Crippen molar-refractivity contribution in [2.45, 2.75) is 27.2 Å². The predicted octanol–water partition coefficient (Wildman–Crippen LogP) is 2.68. The fraction of sp³-hybridized carbons (Fsp3) is 0.368. The predicted molar refractivity (Wildman–Crippen MR) is 97.8 cm³/mol. The maximum atomic E-state index is 12.8. The fourth-order valence-electron chi connectivity index (χ4n) is 3.28. The number of nitrogens with one attached hydrogen (secondary N) is 1. The zero-order valence-corrected chi connectivity index (χ0v) is 15.2. The van der Waals surface area contributed by atoms with E-state index in [1.54, 1.807) is 7.05 Å². The highest BCUT2D eigenvalue weighted by molar-refractivity contribution is 5.97. The molecule has 3 rings (SSSR count). The van der Waals surface area contributed by atoms with Crippen LogP contribution in [0.3, 0.4) is 0 Å². The smallest absolute Gasteiger partial charge is 0.404 e. The second-order valence-corrected chi connectivity index (χ2v) is 6.76. The van der Waals surface area contributed by atoms with Gasteiger partial charge in [0.25, 0.3) is 5.69 Å². The normalized spacial score (nSPS) is 11.4. The van der Waals surface area contributed by atoms with Gasteiger partial charge in [0.05, 0.1) is 7.11 Å². The quantitative estimate of drug-likeness (QED) is 0.586. The zero-order valence-electron chi connectivity index (χ0n) is 15.2. The molecule has 0 bridgehead atoms. The van der Waals surface area contributed by atoms with Gasteiger partial charge in [-0.2, -0.15) is 0 Å². The Morgan fingerprint density at radius 3 is 2.72 bits per heavy atom. The number of H-pyrrole nitrogens is 1. The lowest BCUT2D eigenvalue weighted by molar-refractivity contribution is -0.622. The first-order chi connectivity index (χ1) is 11.9. The summed E-state index contributed by atoms with van der Waals surface area (Å²) in [6.45, 7) is 5.96. The van der Waals surface area contributed by atoms with Gasteiger partial charge in [0.2, 0.25) is 0 Å². The molecule has 0 aliphatic heterocycles. The van der Waals surface area contributed by atoms with Crippen LogP contribution in [0.1, 0.15) is 25.1 Å². The van der Waals surface area contributed by atoms with Crippen molar-refractivity contribution in [3.63, 3.8) is 0 Å². The Labute approximate surface area is 146 Å². The Kier molecular flexibility index (Phi) is 4.29. The van der Waals surface area contributed by atoms with Crippen molar-refractivity contribution in [3.05, 3.63) is 51.2 Å². The Morgan fingerprint density at radius 1 is 1.36 bits per heavy atom. The van der Waals surface area contributed by atoms with E-state index in [1.165, 1.54) is 11.7 Å². The number of aromatic amines is 1. The number of aromatic nitrogens is 3. The van der Waals surface area contributed by atoms with Crippen LogP contribution in [0.5, 0.6) is 5.88 Å². The van der Waals surface area contributed by atoms with Crippen LogP contribution in [-0.2, 0) is 13.5 Å². The molecule has 0 spiro atoms. The lowest BCUT2D eigenvalue weighted by atomic mass is 10.1. The Morgan fingerprint density at radius 2 is 2.08 bits per heavy atom. The van der Waals surface area contributed by atoms with Crippen molar-refractivity contribution < 1.29 is 9.47 Å². The van der Waals surface area contributed by atoms with Crippen LogP contribution in [0, 0.1) is 18.0 Å². The summed E-state index contributed by atoms with van der Waals surface area (Å²) in [6.07, 6.45) is 2.22. The fourth-order valence-corrected chi connectivity index (χ4v) is 3.28. The number of aryl methyl sites for hydroxylation is 1. The number of para-hydroxylation sites is 1. The monoisotopic (exact) mass is 341 g/mol. The molecule has 6 nitrogen and oxygen atoms in total. The molecule has 1 aromatic carbocycles. The molecule has 6 heteroatoms. The molecule has 3 aromatic rings. The number of hydrogen-bond acceptors (Lipinski definition) is 3. The first-order valence-electron chi connectivity index (χ1n) is 8.33. The third-order valence-electron chi connectivity index (χ3n) is 4.49. The third kappa shape index (κ3) is 2.67. The summed E-state index contributed by atoms with van der Waals surface area (Å²) < 4.78 is 7.57. The molecule has 1 N–H and O–H groups in total. The highest BCUT2D eigenvalue weighted by atomic mass is 16.5. The number of ether oxygens (including phenoxy) is 1. The Hall–Kier alpha value is -2.76. The second kappa shape index (κ2) is 6.27. The molecule has 25 heavy (non-hydrogen) atoms. The lowest BCUT2D eigenvalue weighted by Crippen LogP contribution is -2.44. The molecule has 0 amide bonds. The van der Waals surface area contributed by atoms with E-state index in [0.29, 0.717) is 16.8 Å². The van der Waals surface area contributed by atoms with Crippen LogP contribution in [-0.4, -0.2) is 16.7 Å². The number of nitrogens with zero attached hydrogens (tertiary/aromatic N) is 2. The lowest BCUT2D eigenvalue weighted by Gasteiger charge is -2.15. The first kappa shape index (κ1) is 17.1. The molecule has 0 radical (unpaired) electrons. The van der Waals surface area contributed by atoms with Gasteiger partial charge in [0.15, 0.2) is 5.69 Å². The summed E-state index contributed by atoms with van der Waals surface area (Å²) in [4.78, 5) is 16.0. The van der Waals surface area contributed by atoms with Gasteiger partial charge in [-0.05, 0) is 18.4 Å². The number of methoxy groups -OCH3 is 1. The summed E-state index contributed by atoms with van der Waals surface area (Å²) in [6, 6.07) is 5.94. The third-order valence-corrected chi connectivity index (χ3v) is 4.49. The van der Waals surface area contributed by atoms with E-state index in [-0.39, 0.29) is 23.1 Å². The SMILES string of the molecule is COc1c(-c2c[nH]c3c(C)cccc23)n(C)c(=O)c(CC(C)C)[n+]1[O-]. The summed E-state index contributed by atoms with van der Waals surface area (Å²) in [5, 5.41) is 13.7. The van der Waals surface area contributed by atoms with Gasteiger partial charge in [0, 0.05) is 36.1 Å². The van der Waals surface area contributed by atoms with Crippen LogP contribution in [0.15, 0.2) is 29.2 Å². The summed E-state index contributed by atoms with van der Waals surface area (Å²) in [7, 11) is 3.13. The van der Waals surface area contributed by atoms with Crippen molar-refractivity contribution in [3.8, 4) is 17.1 Å². The number of rotatable bonds is 4. The van der Waals surface area contributed by atoms with E-state index in [9.17, 15) is 10.0 Å². The molecule has 132 valence electrons. The van der Waals surface area contributed by atoms with E-state index >= 15 is 0 Å². The standard InChI is InChI=1S/C19H23N3O3/c1-11(2)9-15-18(23)21(4)17(19(25-5)22(15)24)14-10-20-16-12(3)7-6-8-13(14)16/h6-8,10-11,20H,9H2,1-5H3. The summed E-state index contributed by atoms with van der Waals surface area (Å²) in [5.41, 5.74) is 3.24. The number of benzene rings is 1. The average molecular weight is 341 g/mol. The summed E-state index contributed by atoms with van der Waals surface area (Å²) >= 11 is 0. The van der Waals surface area contributed by atoms with E-state index in [1.807, 2.05) is 45.2 Å². The number of hydrogen-bond donors (Lipinski definition) is 1. The Bertz CT molecular complexity index is 999. The van der Waals surface area contributed by atoms with Crippen molar-refractivity contribution in [2.75, 3.05) is 7.11 Å². The van der Waals surface area contributed by atoms with Gasteiger partial charge in [-0.1, -0.05) is 32.0 Å². The molecule has 0 fully saturated rings. The van der Waals surface area contributed by atoms with Gasteiger partial charge in [-0.25, -0.2) is 0 Å². The van der Waals surface area contributed by atoms with Crippen LogP contribution < -0.4 is 15.0 Å². The molecule has 2 heterocycles. The highest BCUT2D eigenvalue weighted by Gasteiger charge is 2.28. The minimum atomic E-state index is -0.290. The minimum Gasteiger partial charge on any atom is -0.616 e. The van der Waals surface area contributed by atoms with Crippen molar-refractivity contribution >= 4 is 10.9 Å². The summed E-state index contributed by atoms with van der Waals surface area (Å²) in [5.74, 6) is 0.333. The maximum absolute atomic E-state index is 12.8. The van der Waals surface area contributed by atoms with Gasteiger partial charge in [-0.3, -0.25) is 9.36 Å². The van der Waals surface area contributed by atoms with Crippen LogP contribution in [0.2, 0.25) is 0 Å². The van der Waals surface area contributed by atoms with Gasteiger partial charge >= 0.3 is 11.4 Å². The molecule has 0 saturated heterocycles. The molecule has 0 atom stereocenters. The van der Waals surface area contributed by atoms with E-state index in [4.69, 9.17) is 4.74 Å². The maximum Gasteiger partial charge on any atom is 0.404 e. The zero-order chi connectivity index (χ0) is 18.3. The first-order valence-corrected chi connectivity index (χ1v) is 8.33. The largest absolute Gasteiger partial charge is 0.616 e. The molecular weight excluding hydrogens is 318 g/mol. The van der Waals surface area contributed by atoms with Gasteiger partial charge < -0.3 is 14.9 Å². The van der Waals surface area contributed by atoms with Crippen LogP contribution >= 0.6 is 0 Å². The number of fused-ring (bicyclic) bond motifs is 1. The Balaban J connectivity index is 2.36. The van der Waals surface area contributed by atoms with Gasteiger partial charge in [0.1, 0.15) is 0 Å². The van der Waals surface area contributed by atoms with Crippen LogP contribution in [0.4, 0.5) is 0 Å². The van der Waals surface area contributed by atoms with E-state index in [0.717, 1.165) is 22.0 Å². The van der Waals surface area contributed by atoms with Crippen molar-refractivity contribution in [1.29, 1.82) is 0 Å². The molecule has 0 saturated carbocycles. The highest BCUT2D eigenvalue weighted by Crippen LogP contribution is 2.33.